The van der Waals surface area contributed by atoms with Crippen molar-refractivity contribution in [1.29, 1.82) is 0 Å². The minimum absolute atomic E-state index is 0.0342. The van der Waals surface area contributed by atoms with Gasteiger partial charge in [0.1, 0.15) is 10.6 Å². The Morgan fingerprint density at radius 2 is 2.05 bits per heavy atom. The van der Waals surface area contributed by atoms with E-state index in [9.17, 15) is 9.59 Å². The summed E-state index contributed by atoms with van der Waals surface area (Å²) >= 11 is 1.36. The molecule has 3 aliphatic heterocycles. The van der Waals surface area contributed by atoms with Crippen LogP contribution in [0.25, 0.3) is 0 Å². The van der Waals surface area contributed by atoms with Crippen molar-refractivity contribution < 1.29 is 14.3 Å². The van der Waals surface area contributed by atoms with E-state index in [1.165, 1.54) is 11.3 Å². The van der Waals surface area contributed by atoms with Crippen LogP contribution >= 0.6 is 11.3 Å². The van der Waals surface area contributed by atoms with Crippen molar-refractivity contribution in [2.24, 2.45) is 17.0 Å². The highest BCUT2D eigenvalue weighted by Crippen LogP contribution is 2.34. The molecule has 0 spiro atoms. The Hall–Kier alpha value is -3.93. The van der Waals surface area contributed by atoms with Gasteiger partial charge in [-0.25, -0.2) is 9.79 Å². The maximum Gasteiger partial charge on any atom is 0.410 e. The van der Waals surface area contributed by atoms with Crippen LogP contribution in [0.5, 0.6) is 0 Å². The summed E-state index contributed by atoms with van der Waals surface area (Å²) in [5.41, 5.74) is 3.20. The van der Waals surface area contributed by atoms with E-state index >= 15 is 0 Å². The number of amides is 2. The molecule has 12 heteroatoms. The Kier molecular flexibility index (Phi) is 7.30. The molecule has 2 amide bonds. The first-order valence-corrected chi connectivity index (χ1v) is 14.1. The van der Waals surface area contributed by atoms with E-state index < -0.39 is 5.60 Å². The summed E-state index contributed by atoms with van der Waals surface area (Å²) in [6.45, 7) is 9.11. The van der Waals surface area contributed by atoms with E-state index in [1.54, 1.807) is 28.6 Å². The first kappa shape index (κ1) is 27.6. The largest absolute Gasteiger partial charge is 0.444 e. The van der Waals surface area contributed by atoms with E-state index in [0.717, 1.165) is 28.2 Å². The van der Waals surface area contributed by atoms with Gasteiger partial charge in [-0.1, -0.05) is 6.08 Å². The lowest BCUT2D eigenvalue weighted by Gasteiger charge is -2.34. The number of aliphatic imine (C=N–C) groups is 2. The number of hydrogen-bond donors (Lipinski definition) is 1. The fourth-order valence-corrected chi connectivity index (χ4v) is 5.85. The quantitative estimate of drug-likeness (QED) is 0.602. The zero-order valence-electron chi connectivity index (χ0n) is 24.1. The summed E-state index contributed by atoms with van der Waals surface area (Å²) in [6.07, 6.45) is 8.45. The lowest BCUT2D eigenvalue weighted by molar-refractivity contribution is 0.0263. The summed E-state index contributed by atoms with van der Waals surface area (Å²) in [6, 6.07) is 1.89. The molecule has 1 unspecified atom stereocenters. The lowest BCUT2D eigenvalue weighted by Crippen LogP contribution is -2.46. The molecule has 0 bridgehead atoms. The number of carbonyl (C=O) groups excluding carboxylic acids is 2. The summed E-state index contributed by atoms with van der Waals surface area (Å²) < 4.78 is 7.42. The second-order valence-electron chi connectivity index (χ2n) is 11.4. The van der Waals surface area contributed by atoms with Gasteiger partial charge in [0.15, 0.2) is 11.7 Å². The molecule has 0 fully saturated rings. The molecule has 1 atom stereocenters. The van der Waals surface area contributed by atoms with Crippen molar-refractivity contribution in [2.75, 3.05) is 33.7 Å². The molecule has 40 heavy (non-hydrogen) atoms. The van der Waals surface area contributed by atoms with Crippen LogP contribution < -0.4 is 5.32 Å². The third-order valence-electron chi connectivity index (χ3n) is 6.71. The van der Waals surface area contributed by atoms with E-state index in [2.05, 4.69) is 21.4 Å². The number of amidine groups is 2. The first-order chi connectivity index (χ1) is 18.9. The SMILES string of the molecule is Cc1cc(N=C2NC(C3=CCCN(C(=O)OC(C)(C)C)C3)=CN3C2=NCC3c2cnn(C)c2)sc1C(=O)N(C)C. The Bertz CT molecular complexity index is 1460. The molecule has 3 aliphatic rings. The van der Waals surface area contributed by atoms with Crippen molar-refractivity contribution >= 4 is 40.0 Å². The van der Waals surface area contributed by atoms with Gasteiger partial charge in [0.05, 0.1) is 35.9 Å². The highest BCUT2D eigenvalue weighted by molar-refractivity contribution is 7.17. The van der Waals surface area contributed by atoms with Crippen molar-refractivity contribution in [3.05, 3.63) is 58.0 Å². The average molecular weight is 565 g/mol. The monoisotopic (exact) mass is 564 g/mol. The van der Waals surface area contributed by atoms with E-state index in [1.807, 2.05) is 59.4 Å². The van der Waals surface area contributed by atoms with Crippen LogP contribution in [-0.4, -0.2) is 87.5 Å². The molecule has 1 N–H and O–H groups in total. The molecule has 5 rings (SSSR count). The number of hydrogen-bond acceptors (Lipinski definition) is 8. The predicted molar refractivity (Wildman–Crippen MR) is 156 cm³/mol. The Morgan fingerprint density at radius 3 is 2.73 bits per heavy atom. The van der Waals surface area contributed by atoms with Crippen molar-refractivity contribution in [2.45, 2.75) is 45.8 Å². The highest BCUT2D eigenvalue weighted by atomic mass is 32.1. The fraction of sp³-hybridized carbons (Fsp3) is 0.464. The minimum Gasteiger partial charge on any atom is -0.444 e. The Balaban J connectivity index is 1.49. The van der Waals surface area contributed by atoms with Gasteiger partial charge in [-0.15, -0.1) is 11.3 Å². The standard InChI is InChI=1S/C28H36N8O3S/c1-17-11-22(40-23(17)26(37)33(5)6)32-24-25-29-13-21(19-12-30-34(7)14-19)36(25)16-20(31-24)18-9-8-10-35(15-18)27(38)39-28(2,3)4/h9,11-12,14,16,21H,8,10,13,15H2,1-7H3,(H,31,32). The number of nitrogens with zero attached hydrogens (tertiary/aromatic N) is 7. The van der Waals surface area contributed by atoms with Crippen LogP contribution in [0.3, 0.4) is 0 Å². The fourth-order valence-electron chi connectivity index (χ4n) is 4.78. The summed E-state index contributed by atoms with van der Waals surface area (Å²) in [5, 5.41) is 8.57. The van der Waals surface area contributed by atoms with E-state index in [-0.39, 0.29) is 18.0 Å². The first-order valence-electron chi connectivity index (χ1n) is 13.3. The van der Waals surface area contributed by atoms with Gasteiger partial charge < -0.3 is 24.8 Å². The number of aromatic nitrogens is 2. The van der Waals surface area contributed by atoms with Crippen LogP contribution in [0.1, 0.15) is 54.0 Å². The van der Waals surface area contributed by atoms with Crippen LogP contribution in [0.15, 0.2) is 52.0 Å². The molecular formula is C28H36N8O3S. The number of rotatable bonds is 4. The number of carbonyl (C=O) groups is 2. The van der Waals surface area contributed by atoms with Gasteiger partial charge in [0.2, 0.25) is 0 Å². The maximum absolute atomic E-state index is 12.9. The van der Waals surface area contributed by atoms with Crippen molar-refractivity contribution in [1.82, 2.24) is 29.8 Å². The maximum atomic E-state index is 12.9. The van der Waals surface area contributed by atoms with Crippen LogP contribution in [0, 0.1) is 6.92 Å². The topological polar surface area (TPSA) is 108 Å². The number of nitrogens with one attached hydrogen (secondary N) is 1. The van der Waals surface area contributed by atoms with Gasteiger partial charge in [-0.3, -0.25) is 14.5 Å². The van der Waals surface area contributed by atoms with Crippen LogP contribution in [0.2, 0.25) is 0 Å². The van der Waals surface area contributed by atoms with Crippen LogP contribution in [0.4, 0.5) is 9.80 Å². The van der Waals surface area contributed by atoms with Crippen molar-refractivity contribution in [3.63, 3.8) is 0 Å². The van der Waals surface area contributed by atoms with E-state index in [4.69, 9.17) is 14.7 Å². The van der Waals surface area contributed by atoms with Gasteiger partial charge >= 0.3 is 6.09 Å². The molecule has 2 aromatic rings. The third kappa shape index (κ3) is 5.67. The number of thiophene rings is 1. The second-order valence-corrected chi connectivity index (χ2v) is 12.4. The molecule has 5 heterocycles. The third-order valence-corrected chi connectivity index (χ3v) is 7.83. The Morgan fingerprint density at radius 1 is 1.27 bits per heavy atom. The lowest BCUT2D eigenvalue weighted by atomic mass is 10.0. The molecular weight excluding hydrogens is 528 g/mol. The number of ether oxygens (including phenoxy) is 1. The smallest absolute Gasteiger partial charge is 0.410 e. The van der Waals surface area contributed by atoms with E-state index in [0.29, 0.717) is 41.8 Å². The number of fused-ring (bicyclic) bond motifs is 1. The van der Waals surface area contributed by atoms with Gasteiger partial charge in [-0.05, 0) is 51.3 Å². The number of aryl methyl sites for hydroxylation is 2. The molecule has 0 saturated heterocycles. The zero-order valence-corrected chi connectivity index (χ0v) is 24.9. The van der Waals surface area contributed by atoms with Crippen LogP contribution in [-0.2, 0) is 11.8 Å². The van der Waals surface area contributed by atoms with Gasteiger partial charge in [0, 0.05) is 45.6 Å². The molecule has 0 saturated carbocycles. The minimum atomic E-state index is -0.565. The molecule has 0 aromatic carbocycles. The second kappa shape index (κ2) is 10.6. The normalized spacial score (nSPS) is 20.0. The summed E-state index contributed by atoms with van der Waals surface area (Å²) in [7, 11) is 5.39. The molecule has 0 radical (unpaired) electrons. The van der Waals surface area contributed by atoms with Gasteiger partial charge in [-0.2, -0.15) is 5.10 Å². The summed E-state index contributed by atoms with van der Waals surface area (Å²) in [5.74, 6) is 1.28. The predicted octanol–water partition coefficient (Wildman–Crippen LogP) is 3.99. The molecule has 2 aromatic heterocycles. The summed E-state index contributed by atoms with van der Waals surface area (Å²) in [4.78, 5) is 41.4. The molecule has 0 aliphatic carbocycles. The highest BCUT2D eigenvalue weighted by Gasteiger charge is 2.37. The van der Waals surface area contributed by atoms with Gasteiger partial charge in [0.25, 0.3) is 5.91 Å². The molecule has 212 valence electrons. The Labute approximate surface area is 238 Å². The zero-order chi connectivity index (χ0) is 28.8. The van der Waals surface area contributed by atoms with Crippen molar-refractivity contribution in [3.8, 4) is 0 Å². The molecule has 11 nitrogen and oxygen atoms in total. The average Bonchev–Trinajstić information content (AvgIpc) is 3.60.